The number of benzene rings is 1. The predicted octanol–water partition coefficient (Wildman–Crippen LogP) is 0.400. The molecule has 0 unspecified atom stereocenters. The number of piperazine rings is 1. The average molecular weight is 666 g/mol. The van der Waals surface area contributed by atoms with Gasteiger partial charge in [-0.15, -0.1) is 0 Å². The number of ketones is 2. The summed E-state index contributed by atoms with van der Waals surface area (Å²) in [7, 11) is 6.77. The van der Waals surface area contributed by atoms with Crippen LogP contribution in [-0.4, -0.2) is 137 Å². The molecule has 1 saturated heterocycles. The van der Waals surface area contributed by atoms with Crippen LogP contribution in [0, 0.1) is 11.8 Å². The zero-order valence-electron chi connectivity index (χ0n) is 27.6. The number of aliphatic hydroxyl groups excluding tert-OH is 3. The minimum Gasteiger partial charge on any atom is -0.508 e. The number of primary amides is 1. The van der Waals surface area contributed by atoms with Gasteiger partial charge in [0, 0.05) is 64.0 Å². The number of β-amino-alcohol motifs (C(OH)–C–C–N with tert-alkyl or cyclic N) is 1. The Morgan fingerprint density at radius 1 is 1.06 bits per heavy atom. The number of amides is 1. The Labute approximate surface area is 277 Å². The summed E-state index contributed by atoms with van der Waals surface area (Å²) in [5, 5.41) is 55.8. The van der Waals surface area contributed by atoms with Gasteiger partial charge in [-0.25, -0.2) is 0 Å². The lowest BCUT2D eigenvalue weighted by atomic mass is 9.57. The summed E-state index contributed by atoms with van der Waals surface area (Å²) in [6.45, 7) is 4.59. The highest BCUT2D eigenvalue weighted by Gasteiger charge is 2.64. The molecule has 2 heterocycles. The zero-order valence-corrected chi connectivity index (χ0v) is 27.6. The first-order valence-corrected chi connectivity index (χ1v) is 16.1. The molecule has 14 heteroatoms. The number of aromatic hydroxyl groups is 1. The molecule has 7 N–H and O–H groups in total. The smallest absolute Gasteiger partial charge is 0.255 e. The van der Waals surface area contributed by atoms with Gasteiger partial charge in [0.15, 0.2) is 11.4 Å². The van der Waals surface area contributed by atoms with Crippen molar-refractivity contribution in [2.75, 3.05) is 72.4 Å². The van der Waals surface area contributed by atoms with Crippen LogP contribution in [0.15, 0.2) is 39.5 Å². The minimum absolute atomic E-state index is 0.00504. The second-order valence-electron chi connectivity index (χ2n) is 13.6. The number of anilines is 1. The molecule has 258 valence electrons. The fourth-order valence-corrected chi connectivity index (χ4v) is 8.02. The number of furan rings is 1. The Bertz CT molecular complexity index is 1740. The van der Waals surface area contributed by atoms with Crippen LogP contribution in [0.4, 0.5) is 5.69 Å². The molecule has 14 nitrogen and oxygen atoms in total. The third-order valence-corrected chi connectivity index (χ3v) is 10.4. The summed E-state index contributed by atoms with van der Waals surface area (Å²) in [5.74, 6) is -5.91. The van der Waals surface area contributed by atoms with Crippen LogP contribution < -0.4 is 10.6 Å². The number of carbonyl (C=O) groups is 3. The highest BCUT2D eigenvalue weighted by molar-refractivity contribution is 6.24. The molecule has 48 heavy (non-hydrogen) atoms. The van der Waals surface area contributed by atoms with Crippen molar-refractivity contribution in [3.05, 3.63) is 52.0 Å². The van der Waals surface area contributed by atoms with E-state index in [1.54, 1.807) is 26.2 Å². The molecule has 4 atom stereocenters. The van der Waals surface area contributed by atoms with Crippen LogP contribution in [0.5, 0.6) is 5.75 Å². The van der Waals surface area contributed by atoms with Crippen molar-refractivity contribution in [2.24, 2.45) is 17.6 Å². The third kappa shape index (κ3) is 5.19. The molecule has 2 aromatic rings. The van der Waals surface area contributed by atoms with Gasteiger partial charge in [0.25, 0.3) is 5.91 Å². The molecule has 2 fully saturated rings. The standard InChI is InChI=1S/C34H43N5O9/c1-36(2)22-15-20(23-6-5-18(48-23)16-39-9-7-38(8-10-39)11-12-40)28(41)25-19(22)13-17-14-21-27(37(3)4)30(43)26(33(35)46)32(45)34(21,47)31(44)24(17)29(25)42/h5-6,15,17,21,27,40-42,45,47H,7-14,16H2,1-4H3,(H2,35,46)/t17-,21-,27-,34-/m1/s1. The second kappa shape index (κ2) is 12.3. The molecule has 1 aromatic carbocycles. The van der Waals surface area contributed by atoms with Gasteiger partial charge < -0.3 is 40.6 Å². The Morgan fingerprint density at radius 2 is 1.73 bits per heavy atom. The number of rotatable bonds is 8. The largest absolute Gasteiger partial charge is 0.508 e. The number of Topliss-reactive ketones (excluding diaryl/α,β-unsaturated/α-hetero) is 2. The monoisotopic (exact) mass is 665 g/mol. The van der Waals surface area contributed by atoms with Crippen LogP contribution in [0.1, 0.15) is 23.3 Å². The number of nitrogens with two attached hydrogens (primary N) is 1. The van der Waals surface area contributed by atoms with Crippen molar-refractivity contribution in [1.82, 2.24) is 14.7 Å². The van der Waals surface area contributed by atoms with Crippen molar-refractivity contribution >= 4 is 28.9 Å². The van der Waals surface area contributed by atoms with Gasteiger partial charge in [0.1, 0.15) is 34.4 Å². The maximum Gasteiger partial charge on any atom is 0.255 e. The minimum atomic E-state index is -2.71. The quantitative estimate of drug-likeness (QED) is 0.212. The number of phenolic OH excluding ortho intramolecular Hbond substituents is 1. The first kappa shape index (κ1) is 33.7. The lowest BCUT2D eigenvalue weighted by molar-refractivity contribution is -0.153. The zero-order chi connectivity index (χ0) is 34.8. The van der Waals surface area contributed by atoms with E-state index in [1.165, 1.54) is 4.90 Å². The molecule has 0 radical (unpaired) electrons. The van der Waals surface area contributed by atoms with Crippen LogP contribution in [0.25, 0.3) is 17.1 Å². The second-order valence-corrected chi connectivity index (χ2v) is 13.6. The molecule has 0 spiro atoms. The highest BCUT2D eigenvalue weighted by atomic mass is 16.4. The fourth-order valence-electron chi connectivity index (χ4n) is 8.02. The summed E-state index contributed by atoms with van der Waals surface area (Å²) in [4.78, 5) is 47.6. The van der Waals surface area contributed by atoms with E-state index in [9.17, 15) is 39.9 Å². The fraction of sp³-hybridized carbons (Fsp3) is 0.500. The Balaban J connectivity index is 1.41. The van der Waals surface area contributed by atoms with Gasteiger partial charge in [-0.1, -0.05) is 0 Å². The van der Waals surface area contributed by atoms with Crippen molar-refractivity contribution in [2.45, 2.75) is 31.0 Å². The molecule has 6 rings (SSSR count). The molecular weight excluding hydrogens is 622 g/mol. The van der Waals surface area contributed by atoms with E-state index < -0.39 is 58.0 Å². The molecule has 4 aliphatic rings. The Hall–Kier alpha value is -4.21. The van der Waals surface area contributed by atoms with Gasteiger partial charge in [-0.2, -0.15) is 0 Å². The third-order valence-electron chi connectivity index (χ3n) is 10.4. The maximum absolute atomic E-state index is 14.2. The predicted molar refractivity (Wildman–Crippen MR) is 175 cm³/mol. The van der Waals surface area contributed by atoms with Crippen molar-refractivity contribution in [3.63, 3.8) is 0 Å². The van der Waals surface area contributed by atoms with E-state index in [1.807, 2.05) is 25.1 Å². The van der Waals surface area contributed by atoms with E-state index in [-0.39, 0.29) is 41.9 Å². The number of carbonyl (C=O) groups excluding carboxylic acids is 3. The molecule has 3 aliphatic carbocycles. The van der Waals surface area contributed by atoms with Crippen LogP contribution in [0.3, 0.4) is 0 Å². The number of likely N-dealkylation sites (N-methyl/N-ethyl adjacent to an activating group) is 1. The van der Waals surface area contributed by atoms with Gasteiger partial charge in [-0.05, 0) is 56.6 Å². The summed E-state index contributed by atoms with van der Waals surface area (Å²) in [6.07, 6.45) is 0.193. The number of phenols is 1. The molecule has 1 saturated carbocycles. The van der Waals surface area contributed by atoms with E-state index in [2.05, 4.69) is 9.80 Å². The number of nitrogens with zero attached hydrogens (tertiary/aromatic N) is 4. The van der Waals surface area contributed by atoms with Gasteiger partial charge in [0.05, 0.1) is 30.3 Å². The molecule has 0 bridgehead atoms. The first-order valence-electron chi connectivity index (χ1n) is 16.1. The average Bonchev–Trinajstić information content (AvgIpc) is 3.47. The summed E-state index contributed by atoms with van der Waals surface area (Å²) in [6, 6.07) is 4.19. The maximum atomic E-state index is 14.2. The van der Waals surface area contributed by atoms with Crippen LogP contribution >= 0.6 is 0 Å². The van der Waals surface area contributed by atoms with E-state index in [0.29, 0.717) is 35.9 Å². The molecule has 1 aromatic heterocycles. The topological polar surface area (TPSA) is 204 Å². The summed E-state index contributed by atoms with van der Waals surface area (Å²) >= 11 is 0. The van der Waals surface area contributed by atoms with Gasteiger partial charge in [0.2, 0.25) is 5.78 Å². The van der Waals surface area contributed by atoms with Crippen LogP contribution in [0.2, 0.25) is 0 Å². The SMILES string of the molecule is CN(C)c1cc(-c2ccc(CN3CCN(CCO)CC3)o2)c(O)c2c1C[C@@H]1C[C@@H]3[C@@H](N(C)C)C(=O)C(C(N)=O)=C(O)[C@]3(O)C(=O)C1=C2O. The summed E-state index contributed by atoms with van der Waals surface area (Å²) in [5.41, 5.74) is 3.19. The lowest BCUT2D eigenvalue weighted by Gasteiger charge is -2.50. The number of aliphatic hydroxyl groups is 4. The van der Waals surface area contributed by atoms with Crippen molar-refractivity contribution in [1.29, 1.82) is 0 Å². The first-order chi connectivity index (χ1) is 22.7. The molecule has 1 amide bonds. The summed E-state index contributed by atoms with van der Waals surface area (Å²) < 4.78 is 6.20. The number of hydrogen-bond acceptors (Lipinski definition) is 13. The molecular formula is C34H43N5O9. The highest BCUT2D eigenvalue weighted by Crippen LogP contribution is 2.55. The van der Waals surface area contributed by atoms with Crippen molar-refractivity contribution < 1.29 is 44.3 Å². The Morgan fingerprint density at radius 3 is 2.33 bits per heavy atom. The van der Waals surface area contributed by atoms with Gasteiger partial charge in [-0.3, -0.25) is 29.1 Å². The normalized spacial score (nSPS) is 26.5. The number of hydrogen-bond donors (Lipinski definition) is 6. The van der Waals surface area contributed by atoms with E-state index in [4.69, 9.17) is 10.2 Å². The number of fused-ring (bicyclic) bond motifs is 3. The Kier molecular flexibility index (Phi) is 8.67. The van der Waals surface area contributed by atoms with E-state index >= 15 is 0 Å². The lowest BCUT2D eigenvalue weighted by Crippen LogP contribution is -2.65. The van der Waals surface area contributed by atoms with Crippen molar-refractivity contribution in [3.8, 4) is 17.1 Å². The van der Waals surface area contributed by atoms with Crippen LogP contribution in [-0.2, 0) is 27.3 Å². The van der Waals surface area contributed by atoms with Gasteiger partial charge >= 0.3 is 0 Å². The van der Waals surface area contributed by atoms with E-state index in [0.717, 1.165) is 26.2 Å². The molecule has 1 aliphatic heterocycles.